The predicted octanol–water partition coefficient (Wildman–Crippen LogP) is 5.79. The van der Waals surface area contributed by atoms with Crippen molar-refractivity contribution in [3.63, 3.8) is 0 Å². The number of rotatable bonds is 9. The van der Waals surface area contributed by atoms with Gasteiger partial charge < -0.3 is 0 Å². The van der Waals surface area contributed by atoms with E-state index in [9.17, 15) is 21.6 Å². The minimum atomic E-state index is -5.01. The van der Waals surface area contributed by atoms with Crippen molar-refractivity contribution in [3.8, 4) is 23.0 Å². The Bertz CT molecular complexity index is 1250. The zero-order chi connectivity index (χ0) is 25.8. The third-order valence-corrected chi connectivity index (χ3v) is 12.2. The maximum atomic E-state index is 13.3. The number of para-hydroxylation sites is 1. The van der Waals surface area contributed by atoms with E-state index in [0.29, 0.717) is 5.75 Å². The van der Waals surface area contributed by atoms with Gasteiger partial charge in [0.1, 0.15) is 0 Å². The fourth-order valence-electron chi connectivity index (χ4n) is 2.92. The quantitative estimate of drug-likeness (QED) is 0.279. The number of ether oxygens (including phenoxy) is 4. The topological polar surface area (TPSA) is 80.3 Å². The Labute approximate surface area is 208 Å². The number of halogens is 4. The van der Waals surface area contributed by atoms with Crippen LogP contribution >= 0.6 is 20.2 Å². The molecule has 0 unspecified atom stereocenters. The summed E-state index contributed by atoms with van der Waals surface area (Å²) in [6, 6.07) is 14.1. The molecular formula is C23H22F3IO7S. The summed E-state index contributed by atoms with van der Waals surface area (Å²) in [4.78, 5) is -0.147. The van der Waals surface area contributed by atoms with E-state index in [2.05, 4.69) is 4.74 Å². The van der Waals surface area contributed by atoms with Crippen LogP contribution in [0, 0.1) is 14.1 Å². The van der Waals surface area contributed by atoms with Crippen LogP contribution in [0.1, 0.15) is 5.56 Å². The molecule has 0 fully saturated rings. The molecule has 0 radical (unpaired) electrons. The molecule has 3 aromatic rings. The molecule has 0 aliphatic carbocycles. The summed E-state index contributed by atoms with van der Waals surface area (Å²) in [5, 5.41) is 0. The Morgan fingerprint density at radius 1 is 0.800 bits per heavy atom. The summed E-state index contributed by atoms with van der Waals surface area (Å²) in [7, 11) is -0.332. The zero-order valence-electron chi connectivity index (χ0n) is 19.1. The molecule has 0 spiro atoms. The van der Waals surface area contributed by atoms with Crippen molar-refractivity contribution < 1.29 is 43.0 Å². The molecule has 3 aromatic carbocycles. The van der Waals surface area contributed by atoms with Gasteiger partial charge in [0.2, 0.25) is 0 Å². The number of hydrogen-bond donors (Lipinski definition) is 0. The molecule has 0 aliphatic rings. The average molecular weight is 626 g/mol. The van der Waals surface area contributed by atoms with Crippen molar-refractivity contribution in [2.24, 2.45) is 0 Å². The van der Waals surface area contributed by atoms with Crippen LogP contribution in [0.3, 0.4) is 0 Å². The Morgan fingerprint density at radius 3 is 1.89 bits per heavy atom. The Morgan fingerprint density at radius 2 is 1.37 bits per heavy atom. The second-order valence-corrected chi connectivity index (χ2v) is 13.1. The van der Waals surface area contributed by atoms with E-state index < -0.39 is 42.5 Å². The molecule has 3 rings (SSSR count). The summed E-state index contributed by atoms with van der Waals surface area (Å²) in [5.41, 5.74) is 0.821. The van der Waals surface area contributed by atoms with Gasteiger partial charge in [0.15, 0.2) is 0 Å². The van der Waals surface area contributed by atoms with Crippen molar-refractivity contribution in [3.05, 3.63) is 73.4 Å². The van der Waals surface area contributed by atoms with Gasteiger partial charge in [-0.15, -0.1) is 0 Å². The Kier molecular flexibility index (Phi) is 8.38. The minimum absolute atomic E-state index is 0.0634. The van der Waals surface area contributed by atoms with Crippen LogP contribution in [0.25, 0.3) is 0 Å². The number of aryl methyl sites for hydroxylation is 1. The molecule has 0 amide bonds. The van der Waals surface area contributed by atoms with E-state index in [0.717, 1.165) is 11.6 Å². The van der Waals surface area contributed by atoms with Crippen molar-refractivity contribution >= 4 is 30.4 Å². The molecule has 0 aromatic heterocycles. The molecule has 35 heavy (non-hydrogen) atoms. The molecule has 0 saturated carbocycles. The molecule has 7 nitrogen and oxygen atoms in total. The van der Waals surface area contributed by atoms with Crippen LogP contribution in [0.4, 0.5) is 13.2 Å². The maximum absolute atomic E-state index is 13.3. The van der Waals surface area contributed by atoms with Crippen LogP contribution in [-0.2, 0) is 12.6 Å². The number of alkyl halides is 3. The van der Waals surface area contributed by atoms with Gasteiger partial charge in [-0.05, 0) is 0 Å². The summed E-state index contributed by atoms with van der Waals surface area (Å²) < 4.78 is 92.3. The first-order valence-electron chi connectivity index (χ1n) is 9.85. The summed E-state index contributed by atoms with van der Waals surface area (Å²) in [6.07, 6.45) is -5.01. The second-order valence-electron chi connectivity index (χ2n) is 6.90. The van der Waals surface area contributed by atoms with Crippen LogP contribution in [-0.4, -0.2) is 36.1 Å². The van der Waals surface area contributed by atoms with E-state index in [1.165, 1.54) is 63.8 Å². The van der Waals surface area contributed by atoms with Crippen molar-refractivity contribution in [2.75, 3.05) is 21.3 Å². The first-order chi connectivity index (χ1) is 16.5. The standard InChI is InChI=1S/C23H22F3IO7S/c1-15-9-11-17(12-10-15)35(28,29)34-27(18-7-5-6-8-19(18)33-23(24,25)26)22-20(31-3)13-16(30-2)14-21(22)32-4/h5-14H,1-4H3. The van der Waals surface area contributed by atoms with Crippen molar-refractivity contribution in [1.29, 1.82) is 0 Å². The Balaban J connectivity index is 2.27. The van der Waals surface area contributed by atoms with Crippen molar-refractivity contribution in [1.82, 2.24) is 0 Å². The number of methoxy groups -OCH3 is 3. The molecule has 0 N–H and O–H groups in total. The van der Waals surface area contributed by atoms with Gasteiger partial charge in [0.05, 0.1) is 0 Å². The fraction of sp³-hybridized carbons (Fsp3) is 0.217. The van der Waals surface area contributed by atoms with Gasteiger partial charge in [0.25, 0.3) is 0 Å². The second kappa shape index (κ2) is 10.9. The molecule has 0 heterocycles. The van der Waals surface area contributed by atoms with Gasteiger partial charge in [-0.2, -0.15) is 0 Å². The molecule has 0 saturated heterocycles. The van der Waals surface area contributed by atoms with E-state index in [1.807, 2.05) is 0 Å². The van der Waals surface area contributed by atoms with Gasteiger partial charge >= 0.3 is 209 Å². The number of hydrogen-bond acceptors (Lipinski definition) is 7. The van der Waals surface area contributed by atoms with E-state index in [-0.39, 0.29) is 23.5 Å². The summed E-state index contributed by atoms with van der Waals surface area (Å²) >= 11 is -3.79. The van der Waals surface area contributed by atoms with E-state index >= 15 is 0 Å². The molecule has 190 valence electrons. The van der Waals surface area contributed by atoms with Crippen LogP contribution in [0.2, 0.25) is 0 Å². The van der Waals surface area contributed by atoms with Crippen molar-refractivity contribution in [2.45, 2.75) is 18.2 Å². The molecule has 12 heteroatoms. The van der Waals surface area contributed by atoms with Crippen LogP contribution in [0.15, 0.2) is 65.6 Å². The third-order valence-electron chi connectivity index (χ3n) is 4.53. The summed E-state index contributed by atoms with van der Waals surface area (Å²) in [5.74, 6) is 0.0170. The van der Waals surface area contributed by atoms with Crippen LogP contribution < -0.4 is 18.9 Å². The first kappa shape index (κ1) is 26.9. The van der Waals surface area contributed by atoms with E-state index in [1.54, 1.807) is 19.1 Å². The third kappa shape index (κ3) is 6.49. The molecule has 0 aliphatic heterocycles. The first-order valence-corrected chi connectivity index (χ1v) is 14.3. The summed E-state index contributed by atoms with van der Waals surface area (Å²) in [6.45, 7) is 1.79. The molecular weight excluding hydrogens is 604 g/mol. The molecule has 0 bridgehead atoms. The SMILES string of the molecule is COc1cc(OC)c(I(OS(=O)(=O)c2ccc(C)cc2)c2ccccc2OC(F)(F)F)c(OC)c1. The normalized spacial score (nSPS) is 12.1. The van der Waals surface area contributed by atoms with Gasteiger partial charge in [-0.1, -0.05) is 0 Å². The Hall–Kier alpha value is -2.71. The van der Waals surface area contributed by atoms with Crippen LogP contribution in [0.5, 0.6) is 23.0 Å². The fourth-order valence-corrected chi connectivity index (χ4v) is 10.5. The van der Waals surface area contributed by atoms with E-state index in [4.69, 9.17) is 16.7 Å². The average Bonchev–Trinajstić information content (AvgIpc) is 2.81. The van der Waals surface area contributed by atoms with Gasteiger partial charge in [-0.3, -0.25) is 0 Å². The van der Waals surface area contributed by atoms with Gasteiger partial charge in [0, 0.05) is 0 Å². The number of benzene rings is 3. The predicted molar refractivity (Wildman–Crippen MR) is 130 cm³/mol. The zero-order valence-corrected chi connectivity index (χ0v) is 22.0. The van der Waals surface area contributed by atoms with Gasteiger partial charge in [-0.25, -0.2) is 0 Å². The molecule has 0 atom stereocenters. The monoisotopic (exact) mass is 626 g/mol.